The molecule has 1 aliphatic heterocycles. The molecule has 1 aliphatic rings. The molecule has 1 aromatic rings. The largest absolute Gasteiger partial charge is 0.586 e. The van der Waals surface area contributed by atoms with Crippen LogP contribution < -0.4 is 14.8 Å². The summed E-state index contributed by atoms with van der Waals surface area (Å²) in [5, 5.41) is 3.22. The van der Waals surface area contributed by atoms with Gasteiger partial charge in [0.15, 0.2) is 11.5 Å². The SMILES string of the molecule is CCC(CC)CNc1ccc2c(c1)OC(F)(F)O2. The normalized spacial score (nSPS) is 16.1. The summed E-state index contributed by atoms with van der Waals surface area (Å²) in [6.45, 7) is 5.09. The third-order valence-electron chi connectivity index (χ3n) is 3.15. The van der Waals surface area contributed by atoms with Crippen molar-refractivity contribution in [2.45, 2.75) is 33.0 Å². The van der Waals surface area contributed by atoms with Crippen LogP contribution in [0.2, 0.25) is 0 Å². The quantitative estimate of drug-likeness (QED) is 0.869. The summed E-state index contributed by atoms with van der Waals surface area (Å²) in [7, 11) is 0. The van der Waals surface area contributed by atoms with Crippen molar-refractivity contribution in [1.29, 1.82) is 0 Å². The van der Waals surface area contributed by atoms with E-state index >= 15 is 0 Å². The molecule has 1 aromatic carbocycles. The number of ether oxygens (including phenoxy) is 2. The molecule has 0 bridgehead atoms. The minimum absolute atomic E-state index is 0.0769. The highest BCUT2D eigenvalue weighted by molar-refractivity contribution is 5.55. The molecule has 0 amide bonds. The van der Waals surface area contributed by atoms with E-state index in [0.717, 1.165) is 25.1 Å². The van der Waals surface area contributed by atoms with Crippen molar-refractivity contribution in [2.24, 2.45) is 5.92 Å². The Labute approximate surface area is 105 Å². The molecule has 18 heavy (non-hydrogen) atoms. The van der Waals surface area contributed by atoms with Gasteiger partial charge in [-0.2, -0.15) is 0 Å². The number of anilines is 1. The van der Waals surface area contributed by atoms with Crippen molar-refractivity contribution in [3.05, 3.63) is 18.2 Å². The molecule has 0 aliphatic carbocycles. The number of benzene rings is 1. The standard InChI is InChI=1S/C13H17F2NO2/c1-3-9(4-2)8-16-10-5-6-11-12(7-10)18-13(14,15)17-11/h5-7,9,16H,3-4,8H2,1-2H3. The summed E-state index contributed by atoms with van der Waals surface area (Å²) < 4.78 is 34.4. The predicted molar refractivity (Wildman–Crippen MR) is 65.2 cm³/mol. The van der Waals surface area contributed by atoms with Crippen LogP contribution in [0.15, 0.2) is 18.2 Å². The fraction of sp³-hybridized carbons (Fsp3) is 0.538. The van der Waals surface area contributed by atoms with Gasteiger partial charge in [-0.15, -0.1) is 8.78 Å². The van der Waals surface area contributed by atoms with E-state index in [4.69, 9.17) is 0 Å². The number of rotatable bonds is 5. The van der Waals surface area contributed by atoms with Gasteiger partial charge in [0.05, 0.1) is 0 Å². The highest BCUT2D eigenvalue weighted by Gasteiger charge is 2.43. The zero-order valence-corrected chi connectivity index (χ0v) is 10.5. The van der Waals surface area contributed by atoms with E-state index in [0.29, 0.717) is 5.92 Å². The lowest BCUT2D eigenvalue weighted by atomic mass is 10.0. The van der Waals surface area contributed by atoms with E-state index in [9.17, 15) is 8.78 Å². The van der Waals surface area contributed by atoms with Crippen molar-refractivity contribution in [3.8, 4) is 11.5 Å². The molecule has 0 atom stereocenters. The van der Waals surface area contributed by atoms with Crippen LogP contribution in [0.25, 0.3) is 0 Å². The van der Waals surface area contributed by atoms with Gasteiger partial charge in [0.2, 0.25) is 0 Å². The molecule has 0 saturated carbocycles. The zero-order chi connectivity index (χ0) is 13.2. The first-order valence-corrected chi connectivity index (χ1v) is 6.18. The number of fused-ring (bicyclic) bond motifs is 1. The monoisotopic (exact) mass is 257 g/mol. The highest BCUT2D eigenvalue weighted by atomic mass is 19.3. The van der Waals surface area contributed by atoms with E-state index in [1.807, 2.05) is 0 Å². The Balaban J connectivity index is 2.01. The van der Waals surface area contributed by atoms with E-state index in [2.05, 4.69) is 28.6 Å². The molecular weight excluding hydrogens is 240 g/mol. The van der Waals surface area contributed by atoms with Crippen molar-refractivity contribution >= 4 is 5.69 Å². The Bertz CT molecular complexity index is 419. The van der Waals surface area contributed by atoms with Gasteiger partial charge in [-0.3, -0.25) is 0 Å². The van der Waals surface area contributed by atoms with Crippen LogP contribution in [0.4, 0.5) is 14.5 Å². The first-order valence-electron chi connectivity index (χ1n) is 6.18. The second kappa shape index (κ2) is 5.00. The Kier molecular flexibility index (Phi) is 3.59. The van der Waals surface area contributed by atoms with Crippen molar-refractivity contribution in [1.82, 2.24) is 0 Å². The molecule has 0 fully saturated rings. The second-order valence-corrected chi connectivity index (χ2v) is 4.39. The zero-order valence-electron chi connectivity index (χ0n) is 10.5. The summed E-state index contributed by atoms with van der Waals surface area (Å²) in [5.41, 5.74) is 0.766. The Morgan fingerprint density at radius 1 is 1.17 bits per heavy atom. The lowest BCUT2D eigenvalue weighted by molar-refractivity contribution is -0.286. The summed E-state index contributed by atoms with van der Waals surface area (Å²) in [4.78, 5) is 0. The van der Waals surface area contributed by atoms with Crippen LogP contribution in [0.1, 0.15) is 26.7 Å². The molecule has 1 N–H and O–H groups in total. The number of hydrogen-bond acceptors (Lipinski definition) is 3. The summed E-state index contributed by atoms with van der Waals surface area (Å²) in [5.74, 6) is 0.736. The molecule has 0 unspecified atom stereocenters. The van der Waals surface area contributed by atoms with Gasteiger partial charge >= 0.3 is 6.29 Å². The molecule has 0 radical (unpaired) electrons. The van der Waals surface area contributed by atoms with Gasteiger partial charge in [0.25, 0.3) is 0 Å². The molecule has 0 aromatic heterocycles. The van der Waals surface area contributed by atoms with Gasteiger partial charge < -0.3 is 14.8 Å². The third-order valence-corrected chi connectivity index (χ3v) is 3.15. The maximum atomic E-state index is 12.8. The van der Waals surface area contributed by atoms with Gasteiger partial charge in [0.1, 0.15) is 0 Å². The first-order chi connectivity index (χ1) is 8.54. The molecule has 1 heterocycles. The summed E-state index contributed by atoms with van der Waals surface area (Å²) in [6.07, 6.45) is -1.37. The van der Waals surface area contributed by atoms with Crippen LogP contribution in [-0.2, 0) is 0 Å². The highest BCUT2D eigenvalue weighted by Crippen LogP contribution is 2.42. The fourth-order valence-electron chi connectivity index (χ4n) is 1.90. The maximum Gasteiger partial charge on any atom is 0.586 e. The van der Waals surface area contributed by atoms with Gasteiger partial charge in [-0.25, -0.2) is 0 Å². The molecule has 0 saturated heterocycles. The molecule has 100 valence electrons. The van der Waals surface area contributed by atoms with E-state index in [-0.39, 0.29) is 11.5 Å². The average Bonchev–Trinajstić information content (AvgIpc) is 2.63. The number of nitrogens with one attached hydrogen (secondary N) is 1. The smallest absolute Gasteiger partial charge is 0.395 e. The van der Waals surface area contributed by atoms with Gasteiger partial charge in [-0.1, -0.05) is 26.7 Å². The summed E-state index contributed by atoms with van der Waals surface area (Å²) >= 11 is 0. The van der Waals surface area contributed by atoms with Gasteiger partial charge in [-0.05, 0) is 18.1 Å². The van der Waals surface area contributed by atoms with E-state index < -0.39 is 6.29 Å². The number of alkyl halides is 2. The summed E-state index contributed by atoms with van der Waals surface area (Å²) in [6, 6.07) is 4.75. The fourth-order valence-corrected chi connectivity index (χ4v) is 1.90. The lowest BCUT2D eigenvalue weighted by Gasteiger charge is -2.14. The second-order valence-electron chi connectivity index (χ2n) is 4.39. The molecule has 0 spiro atoms. The van der Waals surface area contributed by atoms with Crippen molar-refractivity contribution in [2.75, 3.05) is 11.9 Å². The van der Waals surface area contributed by atoms with Crippen molar-refractivity contribution < 1.29 is 18.3 Å². The minimum Gasteiger partial charge on any atom is -0.395 e. The third kappa shape index (κ3) is 2.83. The van der Waals surface area contributed by atoms with Crippen LogP contribution in [0.3, 0.4) is 0 Å². The first kappa shape index (κ1) is 12.9. The number of hydrogen-bond donors (Lipinski definition) is 1. The van der Waals surface area contributed by atoms with Crippen LogP contribution in [0.5, 0.6) is 11.5 Å². The molecule has 3 nitrogen and oxygen atoms in total. The Morgan fingerprint density at radius 3 is 2.50 bits per heavy atom. The lowest BCUT2D eigenvalue weighted by Crippen LogP contribution is -2.25. The predicted octanol–water partition coefficient (Wildman–Crippen LogP) is 3.86. The number of halogens is 2. The van der Waals surface area contributed by atoms with Crippen LogP contribution >= 0.6 is 0 Å². The molecule has 5 heteroatoms. The van der Waals surface area contributed by atoms with E-state index in [1.54, 1.807) is 12.1 Å². The Hall–Kier alpha value is -1.52. The van der Waals surface area contributed by atoms with E-state index in [1.165, 1.54) is 6.07 Å². The maximum absolute atomic E-state index is 12.8. The van der Waals surface area contributed by atoms with Crippen molar-refractivity contribution in [3.63, 3.8) is 0 Å². The van der Waals surface area contributed by atoms with Crippen LogP contribution in [0, 0.1) is 5.92 Å². The Morgan fingerprint density at radius 2 is 1.83 bits per heavy atom. The topological polar surface area (TPSA) is 30.5 Å². The molecular formula is C13H17F2NO2. The van der Waals surface area contributed by atoms with Crippen LogP contribution in [-0.4, -0.2) is 12.8 Å². The van der Waals surface area contributed by atoms with Gasteiger partial charge in [0, 0.05) is 18.3 Å². The average molecular weight is 257 g/mol. The minimum atomic E-state index is -3.55. The molecule has 2 rings (SSSR count).